The molecule has 0 spiro atoms. The first kappa shape index (κ1) is 22.7. The van der Waals surface area contributed by atoms with E-state index >= 15 is 0 Å². The molecule has 7 nitrogen and oxygen atoms in total. The third-order valence-electron chi connectivity index (χ3n) is 3.16. The minimum Gasteiger partial charge on any atom is -0.382 e. The van der Waals surface area contributed by atoms with Crippen molar-refractivity contribution in [2.75, 3.05) is 99.9 Å². The Morgan fingerprint density at radius 1 is 0.522 bits per heavy atom. The van der Waals surface area contributed by atoms with Crippen LogP contribution in [0.15, 0.2) is 0 Å². The lowest BCUT2D eigenvalue weighted by molar-refractivity contribution is 0.00997. The molecule has 0 rings (SSSR count). The van der Waals surface area contributed by atoms with Gasteiger partial charge in [-0.3, -0.25) is 4.90 Å². The number of methoxy groups -OCH3 is 2. The molecule has 23 heavy (non-hydrogen) atoms. The highest BCUT2D eigenvalue weighted by Gasteiger charge is 2.02. The number of hydrogen-bond acceptors (Lipinski definition) is 7. The lowest BCUT2D eigenvalue weighted by Crippen LogP contribution is -2.31. The van der Waals surface area contributed by atoms with Gasteiger partial charge in [-0.25, -0.2) is 0 Å². The fourth-order valence-corrected chi connectivity index (χ4v) is 1.74. The molecule has 0 heterocycles. The number of likely N-dealkylation sites (N-methyl/N-ethyl adjacent to an activating group) is 1. The molecule has 0 bridgehead atoms. The van der Waals surface area contributed by atoms with E-state index in [2.05, 4.69) is 11.8 Å². The Morgan fingerprint density at radius 3 is 1.22 bits per heavy atom. The molecule has 0 amide bonds. The third-order valence-corrected chi connectivity index (χ3v) is 3.16. The van der Waals surface area contributed by atoms with Gasteiger partial charge in [-0.2, -0.15) is 0 Å². The topological polar surface area (TPSA) is 58.6 Å². The zero-order valence-corrected chi connectivity index (χ0v) is 15.1. The van der Waals surface area contributed by atoms with Gasteiger partial charge in [0.1, 0.15) is 0 Å². The van der Waals surface area contributed by atoms with E-state index in [4.69, 9.17) is 28.4 Å². The van der Waals surface area contributed by atoms with Crippen LogP contribution in [0.2, 0.25) is 0 Å². The summed E-state index contributed by atoms with van der Waals surface area (Å²) in [4.78, 5) is 2.30. The summed E-state index contributed by atoms with van der Waals surface area (Å²) in [6, 6.07) is 0. The highest BCUT2D eigenvalue weighted by Crippen LogP contribution is 1.90. The smallest absolute Gasteiger partial charge is 0.0701 e. The van der Waals surface area contributed by atoms with Crippen LogP contribution in [0.1, 0.15) is 6.92 Å². The molecule has 0 radical (unpaired) electrons. The molecule has 0 atom stereocenters. The van der Waals surface area contributed by atoms with Crippen LogP contribution in [0.25, 0.3) is 0 Å². The van der Waals surface area contributed by atoms with Gasteiger partial charge in [0, 0.05) is 27.3 Å². The number of ether oxygens (including phenoxy) is 6. The predicted octanol–water partition coefficient (Wildman–Crippen LogP) is 0.668. The summed E-state index contributed by atoms with van der Waals surface area (Å²) in [5.41, 5.74) is 0. The summed E-state index contributed by atoms with van der Waals surface area (Å²) >= 11 is 0. The monoisotopic (exact) mass is 337 g/mol. The van der Waals surface area contributed by atoms with Crippen molar-refractivity contribution in [3.8, 4) is 0 Å². The molecule has 0 aromatic heterocycles. The lowest BCUT2D eigenvalue weighted by Gasteiger charge is -2.20. The first-order valence-corrected chi connectivity index (χ1v) is 8.36. The minimum absolute atomic E-state index is 0.613. The molecular formula is C16H35NO6. The predicted molar refractivity (Wildman–Crippen MR) is 89.1 cm³/mol. The Hall–Kier alpha value is -0.280. The van der Waals surface area contributed by atoms with Gasteiger partial charge in [-0.05, 0) is 6.54 Å². The number of rotatable bonds is 19. The Bertz CT molecular complexity index is 201. The van der Waals surface area contributed by atoms with Crippen molar-refractivity contribution in [3.05, 3.63) is 0 Å². The quantitative estimate of drug-likeness (QED) is 0.321. The first-order chi connectivity index (χ1) is 11.3. The van der Waals surface area contributed by atoms with Gasteiger partial charge in [-0.15, -0.1) is 0 Å². The average molecular weight is 337 g/mol. The van der Waals surface area contributed by atoms with Crippen LogP contribution in [0, 0.1) is 0 Å². The molecule has 0 N–H and O–H groups in total. The van der Waals surface area contributed by atoms with E-state index in [0.29, 0.717) is 66.1 Å². The second-order valence-electron chi connectivity index (χ2n) is 4.87. The maximum atomic E-state index is 5.55. The zero-order valence-electron chi connectivity index (χ0n) is 15.1. The molecule has 0 aliphatic carbocycles. The Kier molecular flexibility index (Phi) is 19.5. The molecule has 7 heteroatoms. The highest BCUT2D eigenvalue weighted by atomic mass is 16.5. The molecule has 0 aliphatic heterocycles. The maximum absolute atomic E-state index is 5.55. The van der Waals surface area contributed by atoms with Gasteiger partial charge in [0.25, 0.3) is 0 Å². The Morgan fingerprint density at radius 2 is 0.870 bits per heavy atom. The van der Waals surface area contributed by atoms with Crippen molar-refractivity contribution in [2.45, 2.75) is 6.92 Å². The van der Waals surface area contributed by atoms with Crippen molar-refractivity contribution in [1.82, 2.24) is 4.90 Å². The summed E-state index contributed by atoms with van der Waals surface area (Å²) in [6.07, 6.45) is 0. The largest absolute Gasteiger partial charge is 0.382 e. The zero-order chi connectivity index (χ0) is 17.0. The summed E-state index contributed by atoms with van der Waals surface area (Å²) in [5, 5.41) is 0. The van der Waals surface area contributed by atoms with Crippen LogP contribution in [-0.4, -0.2) is 105 Å². The van der Waals surface area contributed by atoms with Gasteiger partial charge >= 0.3 is 0 Å². The molecule has 0 aliphatic rings. The number of nitrogens with zero attached hydrogens (tertiary/aromatic N) is 1. The van der Waals surface area contributed by atoms with Crippen molar-refractivity contribution >= 4 is 0 Å². The number of hydrogen-bond donors (Lipinski definition) is 0. The summed E-state index contributed by atoms with van der Waals surface area (Å²) in [5.74, 6) is 0. The van der Waals surface area contributed by atoms with Gasteiger partial charge in [0.15, 0.2) is 0 Å². The average Bonchev–Trinajstić information content (AvgIpc) is 2.57. The van der Waals surface area contributed by atoms with Crippen molar-refractivity contribution < 1.29 is 28.4 Å². The fraction of sp³-hybridized carbons (Fsp3) is 1.00. The van der Waals surface area contributed by atoms with E-state index in [1.54, 1.807) is 14.2 Å². The molecular weight excluding hydrogens is 302 g/mol. The SMILES string of the molecule is CCN(CCOCCOCCOC)CCOCCOCCOC. The molecule has 0 fully saturated rings. The Labute approximate surface area is 141 Å². The second-order valence-corrected chi connectivity index (χ2v) is 4.87. The molecule has 140 valence electrons. The van der Waals surface area contributed by atoms with E-state index in [0.717, 1.165) is 19.6 Å². The minimum atomic E-state index is 0.613. The standard InChI is InChI=1S/C16H35NO6/c1-4-17(5-7-20-13-15-22-11-9-18-2)6-8-21-14-16-23-12-10-19-3/h4-16H2,1-3H3. The van der Waals surface area contributed by atoms with Crippen molar-refractivity contribution in [3.63, 3.8) is 0 Å². The molecule has 0 saturated carbocycles. The fourth-order valence-electron chi connectivity index (χ4n) is 1.74. The summed E-state index contributed by atoms with van der Waals surface area (Å²) in [7, 11) is 3.33. The Balaban J connectivity index is 3.29. The normalized spacial score (nSPS) is 11.5. The molecule has 0 aromatic rings. The molecule has 0 aromatic carbocycles. The summed E-state index contributed by atoms with van der Waals surface area (Å²) < 4.78 is 31.6. The van der Waals surface area contributed by atoms with Crippen LogP contribution in [0.3, 0.4) is 0 Å². The van der Waals surface area contributed by atoms with E-state index in [-0.39, 0.29) is 0 Å². The van der Waals surface area contributed by atoms with E-state index < -0.39 is 0 Å². The second kappa shape index (κ2) is 19.8. The van der Waals surface area contributed by atoms with Crippen LogP contribution >= 0.6 is 0 Å². The maximum Gasteiger partial charge on any atom is 0.0701 e. The van der Waals surface area contributed by atoms with Crippen molar-refractivity contribution in [2.24, 2.45) is 0 Å². The molecule has 0 unspecified atom stereocenters. The van der Waals surface area contributed by atoms with Gasteiger partial charge in [0.05, 0.1) is 66.1 Å². The van der Waals surface area contributed by atoms with E-state index in [1.165, 1.54) is 0 Å². The lowest BCUT2D eigenvalue weighted by atomic mass is 10.5. The van der Waals surface area contributed by atoms with Gasteiger partial charge < -0.3 is 28.4 Å². The van der Waals surface area contributed by atoms with E-state index in [9.17, 15) is 0 Å². The highest BCUT2D eigenvalue weighted by molar-refractivity contribution is 4.54. The van der Waals surface area contributed by atoms with Crippen LogP contribution in [0.4, 0.5) is 0 Å². The summed E-state index contributed by atoms with van der Waals surface area (Å²) in [6.45, 7) is 11.3. The van der Waals surface area contributed by atoms with Crippen LogP contribution < -0.4 is 0 Å². The van der Waals surface area contributed by atoms with E-state index in [1.807, 2.05) is 0 Å². The first-order valence-electron chi connectivity index (χ1n) is 8.36. The van der Waals surface area contributed by atoms with Crippen LogP contribution in [-0.2, 0) is 28.4 Å². The van der Waals surface area contributed by atoms with Crippen molar-refractivity contribution in [1.29, 1.82) is 0 Å². The third kappa shape index (κ3) is 17.9. The van der Waals surface area contributed by atoms with Gasteiger partial charge in [0.2, 0.25) is 0 Å². The molecule has 0 saturated heterocycles. The van der Waals surface area contributed by atoms with Crippen LogP contribution in [0.5, 0.6) is 0 Å². The van der Waals surface area contributed by atoms with Gasteiger partial charge in [-0.1, -0.05) is 6.92 Å².